The van der Waals surface area contributed by atoms with Gasteiger partial charge in [0.2, 0.25) is 0 Å². The lowest BCUT2D eigenvalue weighted by atomic mass is 10.3. The number of hydrogen-bond acceptors (Lipinski definition) is 2. The van der Waals surface area contributed by atoms with Crippen molar-refractivity contribution in [3.63, 3.8) is 0 Å². The van der Waals surface area contributed by atoms with E-state index in [1.807, 2.05) is 6.07 Å². The van der Waals surface area contributed by atoms with Crippen molar-refractivity contribution in [2.24, 2.45) is 0 Å². The third-order valence-corrected chi connectivity index (χ3v) is 8.61. The Morgan fingerprint density at radius 2 is 1.43 bits per heavy atom. The summed E-state index contributed by atoms with van der Waals surface area (Å²) in [5.41, 5.74) is 1.81. The van der Waals surface area contributed by atoms with Gasteiger partial charge in [-0.05, 0) is 43.1 Å². The molecule has 1 aromatic rings. The maximum absolute atomic E-state index is 5.76. The van der Waals surface area contributed by atoms with Gasteiger partial charge in [0, 0.05) is 5.30 Å². The summed E-state index contributed by atoms with van der Waals surface area (Å²) >= 11 is 0. The molecule has 2 saturated carbocycles. The molecule has 0 radical (unpaired) electrons. The zero-order valence-corrected chi connectivity index (χ0v) is 14.2. The molecular formula is C18H27O2P. The van der Waals surface area contributed by atoms with E-state index in [1.165, 1.54) is 56.7 Å². The summed E-state index contributed by atoms with van der Waals surface area (Å²) < 4.78 is 11.3. The second kappa shape index (κ2) is 7.01. The van der Waals surface area contributed by atoms with Gasteiger partial charge in [0.25, 0.3) is 0 Å². The molecule has 2 nitrogen and oxygen atoms in total. The van der Waals surface area contributed by atoms with Crippen LogP contribution in [0.2, 0.25) is 0 Å². The molecule has 2 aliphatic carbocycles. The van der Waals surface area contributed by atoms with Crippen molar-refractivity contribution in [2.75, 3.05) is 14.2 Å². The molecule has 3 heteroatoms. The van der Waals surface area contributed by atoms with Crippen LogP contribution < -0.4 is 14.8 Å². The molecule has 21 heavy (non-hydrogen) atoms. The minimum absolute atomic E-state index is 0.112. The zero-order chi connectivity index (χ0) is 14.7. The molecule has 0 atom stereocenters. The fraction of sp³-hybridized carbons (Fsp3) is 0.667. The first-order valence-corrected chi connectivity index (χ1v) is 9.82. The molecule has 2 aliphatic rings. The maximum atomic E-state index is 5.76. The first-order chi connectivity index (χ1) is 10.3. The second-order valence-corrected chi connectivity index (χ2v) is 9.05. The Labute approximate surface area is 130 Å². The predicted octanol–water partition coefficient (Wildman–Crippen LogP) is 4.70. The summed E-state index contributed by atoms with van der Waals surface area (Å²) in [4.78, 5) is 0. The lowest BCUT2D eigenvalue weighted by molar-refractivity contribution is 0.357. The van der Waals surface area contributed by atoms with Gasteiger partial charge in [-0.25, -0.2) is 0 Å². The van der Waals surface area contributed by atoms with Crippen LogP contribution in [0.1, 0.15) is 51.4 Å². The lowest BCUT2D eigenvalue weighted by Gasteiger charge is -2.32. The highest BCUT2D eigenvalue weighted by Crippen LogP contribution is 2.58. The Kier molecular flexibility index (Phi) is 5.06. The normalized spacial score (nSPS) is 20.3. The van der Waals surface area contributed by atoms with Crippen LogP contribution in [0.4, 0.5) is 0 Å². The summed E-state index contributed by atoms with van der Waals surface area (Å²) in [6.45, 7) is 0. The van der Waals surface area contributed by atoms with E-state index in [0.29, 0.717) is 0 Å². The molecule has 0 aliphatic heterocycles. The van der Waals surface area contributed by atoms with Gasteiger partial charge in [0.15, 0.2) is 11.5 Å². The highest BCUT2D eigenvalue weighted by molar-refractivity contribution is 7.67. The molecular weight excluding hydrogens is 279 g/mol. The van der Waals surface area contributed by atoms with E-state index in [9.17, 15) is 0 Å². The summed E-state index contributed by atoms with van der Waals surface area (Å²) in [5.74, 6) is 1.91. The van der Waals surface area contributed by atoms with Crippen LogP contribution in [0.25, 0.3) is 0 Å². The van der Waals surface area contributed by atoms with Crippen molar-refractivity contribution in [1.82, 2.24) is 0 Å². The molecule has 116 valence electrons. The predicted molar refractivity (Wildman–Crippen MR) is 90.6 cm³/mol. The number of methoxy groups -OCH3 is 2. The average Bonchev–Trinajstić information content (AvgIpc) is 3.21. The van der Waals surface area contributed by atoms with Crippen LogP contribution in [-0.4, -0.2) is 25.5 Å². The highest BCUT2D eigenvalue weighted by atomic mass is 31.1. The van der Waals surface area contributed by atoms with Gasteiger partial charge >= 0.3 is 0 Å². The van der Waals surface area contributed by atoms with Crippen LogP contribution in [0.3, 0.4) is 0 Å². The van der Waals surface area contributed by atoms with Crippen molar-refractivity contribution in [3.05, 3.63) is 18.2 Å². The van der Waals surface area contributed by atoms with Crippen LogP contribution in [0.5, 0.6) is 11.5 Å². The SMILES string of the molecule is COc1cccc(P(C2CCCC2)C2CCCC2)c1OC. The largest absolute Gasteiger partial charge is 0.493 e. The van der Waals surface area contributed by atoms with Gasteiger partial charge in [0.05, 0.1) is 14.2 Å². The molecule has 3 rings (SSSR count). The fourth-order valence-corrected chi connectivity index (χ4v) is 8.05. The van der Waals surface area contributed by atoms with E-state index in [1.54, 1.807) is 14.2 Å². The molecule has 1 aromatic carbocycles. The summed E-state index contributed by atoms with van der Waals surface area (Å²) in [6, 6.07) is 6.48. The molecule has 0 N–H and O–H groups in total. The highest BCUT2D eigenvalue weighted by Gasteiger charge is 2.35. The third-order valence-electron chi connectivity index (χ3n) is 5.10. The third kappa shape index (κ3) is 3.06. The molecule has 0 unspecified atom stereocenters. The molecule has 0 saturated heterocycles. The van der Waals surface area contributed by atoms with E-state index in [-0.39, 0.29) is 7.92 Å². The van der Waals surface area contributed by atoms with Crippen LogP contribution in [0.15, 0.2) is 18.2 Å². The van der Waals surface area contributed by atoms with E-state index < -0.39 is 0 Å². The standard InChI is InChI=1S/C18H27O2P/c1-19-16-12-7-13-17(18(16)20-2)21(14-8-3-4-9-14)15-10-5-6-11-15/h7,12-15H,3-6,8-11H2,1-2H3. The molecule has 0 amide bonds. The first kappa shape index (κ1) is 15.2. The van der Waals surface area contributed by atoms with Gasteiger partial charge in [-0.3, -0.25) is 0 Å². The van der Waals surface area contributed by atoms with Gasteiger partial charge in [-0.1, -0.05) is 45.7 Å². The quantitative estimate of drug-likeness (QED) is 0.734. The first-order valence-electron chi connectivity index (χ1n) is 8.34. The van der Waals surface area contributed by atoms with Crippen molar-refractivity contribution in [2.45, 2.75) is 62.7 Å². The number of para-hydroxylation sites is 1. The van der Waals surface area contributed by atoms with Crippen LogP contribution >= 0.6 is 7.92 Å². The van der Waals surface area contributed by atoms with Gasteiger partial charge < -0.3 is 9.47 Å². The lowest BCUT2D eigenvalue weighted by Crippen LogP contribution is -2.21. The Morgan fingerprint density at radius 1 is 0.857 bits per heavy atom. The molecule has 0 heterocycles. The van der Waals surface area contributed by atoms with E-state index >= 15 is 0 Å². The minimum Gasteiger partial charge on any atom is -0.493 e. The molecule has 0 bridgehead atoms. The van der Waals surface area contributed by atoms with Crippen LogP contribution in [-0.2, 0) is 0 Å². The van der Waals surface area contributed by atoms with Gasteiger partial charge in [0.1, 0.15) is 0 Å². The Bertz CT molecular complexity index is 446. The summed E-state index contributed by atoms with van der Waals surface area (Å²) in [5, 5.41) is 1.46. The van der Waals surface area contributed by atoms with Gasteiger partial charge in [-0.2, -0.15) is 0 Å². The van der Waals surface area contributed by atoms with Crippen molar-refractivity contribution in [1.29, 1.82) is 0 Å². The average molecular weight is 306 g/mol. The van der Waals surface area contributed by atoms with E-state index in [4.69, 9.17) is 9.47 Å². The summed E-state index contributed by atoms with van der Waals surface area (Å²) in [6.07, 6.45) is 11.4. The van der Waals surface area contributed by atoms with Gasteiger partial charge in [-0.15, -0.1) is 0 Å². The topological polar surface area (TPSA) is 18.5 Å². The Balaban J connectivity index is 1.98. The number of ether oxygens (including phenoxy) is 2. The Hall–Kier alpha value is -0.750. The molecule has 2 fully saturated rings. The fourth-order valence-electron chi connectivity index (χ4n) is 4.13. The monoisotopic (exact) mass is 306 g/mol. The van der Waals surface area contributed by atoms with E-state index in [0.717, 1.165) is 22.8 Å². The van der Waals surface area contributed by atoms with Crippen LogP contribution in [0, 0.1) is 0 Å². The number of benzene rings is 1. The summed E-state index contributed by atoms with van der Waals surface area (Å²) in [7, 11) is 3.42. The molecule has 0 spiro atoms. The van der Waals surface area contributed by atoms with E-state index in [2.05, 4.69) is 12.1 Å². The molecule has 0 aromatic heterocycles. The van der Waals surface area contributed by atoms with Crippen molar-refractivity contribution >= 4 is 13.2 Å². The maximum Gasteiger partial charge on any atom is 0.168 e. The second-order valence-electron chi connectivity index (χ2n) is 6.30. The number of hydrogen-bond donors (Lipinski definition) is 0. The minimum atomic E-state index is -0.112. The Morgan fingerprint density at radius 3 is 1.90 bits per heavy atom. The van der Waals surface area contributed by atoms with Crippen molar-refractivity contribution in [3.8, 4) is 11.5 Å². The van der Waals surface area contributed by atoms with Crippen molar-refractivity contribution < 1.29 is 9.47 Å². The number of rotatable bonds is 5. The smallest absolute Gasteiger partial charge is 0.168 e. The zero-order valence-electron chi connectivity index (χ0n) is 13.3.